The van der Waals surface area contributed by atoms with Crippen LogP contribution in [0.5, 0.6) is 11.5 Å². The SMILES string of the molecule is CCCNC(CSC(C)CC)c1ccc(OC)c(OC)c1. The van der Waals surface area contributed by atoms with Crippen molar-refractivity contribution in [2.75, 3.05) is 26.5 Å². The number of ether oxygens (including phenoxy) is 2. The summed E-state index contributed by atoms with van der Waals surface area (Å²) in [6.45, 7) is 7.75. The Kier molecular flexibility index (Phi) is 8.62. The maximum Gasteiger partial charge on any atom is 0.161 e. The van der Waals surface area contributed by atoms with Crippen LogP contribution in [0.15, 0.2) is 18.2 Å². The third kappa shape index (κ3) is 5.79. The lowest BCUT2D eigenvalue weighted by molar-refractivity contribution is 0.354. The molecule has 0 saturated heterocycles. The predicted molar refractivity (Wildman–Crippen MR) is 92.8 cm³/mol. The van der Waals surface area contributed by atoms with E-state index in [-0.39, 0.29) is 0 Å². The summed E-state index contributed by atoms with van der Waals surface area (Å²) in [7, 11) is 3.35. The average molecular weight is 311 g/mol. The molecule has 0 aromatic heterocycles. The highest BCUT2D eigenvalue weighted by Gasteiger charge is 2.15. The van der Waals surface area contributed by atoms with E-state index in [0.29, 0.717) is 11.3 Å². The molecule has 0 radical (unpaired) electrons. The molecule has 0 bridgehead atoms. The first-order valence-corrected chi connectivity index (χ1v) is 8.77. The molecule has 2 unspecified atom stereocenters. The summed E-state index contributed by atoms with van der Waals surface area (Å²) in [4.78, 5) is 0. The van der Waals surface area contributed by atoms with Gasteiger partial charge in [-0.1, -0.05) is 26.8 Å². The molecule has 0 aliphatic carbocycles. The number of rotatable bonds is 10. The number of hydrogen-bond donors (Lipinski definition) is 1. The van der Waals surface area contributed by atoms with Crippen molar-refractivity contribution in [1.82, 2.24) is 5.32 Å². The molecule has 0 spiro atoms. The fraction of sp³-hybridized carbons (Fsp3) is 0.647. The highest BCUT2D eigenvalue weighted by Crippen LogP contribution is 2.31. The second-order valence-electron chi connectivity index (χ2n) is 5.17. The zero-order chi connectivity index (χ0) is 15.7. The van der Waals surface area contributed by atoms with Crippen molar-refractivity contribution < 1.29 is 9.47 Å². The second-order valence-corrected chi connectivity index (χ2v) is 6.64. The average Bonchev–Trinajstić information content (AvgIpc) is 2.53. The fourth-order valence-corrected chi connectivity index (χ4v) is 3.11. The van der Waals surface area contributed by atoms with Gasteiger partial charge in [0, 0.05) is 17.0 Å². The van der Waals surface area contributed by atoms with Crippen LogP contribution in [-0.4, -0.2) is 31.8 Å². The molecule has 1 N–H and O–H groups in total. The molecule has 1 rings (SSSR count). The number of thioether (sulfide) groups is 1. The van der Waals surface area contributed by atoms with Crippen molar-refractivity contribution in [3.05, 3.63) is 23.8 Å². The monoisotopic (exact) mass is 311 g/mol. The molecule has 0 fully saturated rings. The van der Waals surface area contributed by atoms with Crippen LogP contribution in [0.2, 0.25) is 0 Å². The molecule has 4 heteroatoms. The Bertz CT molecular complexity index is 412. The topological polar surface area (TPSA) is 30.5 Å². The molecule has 1 aromatic rings. The van der Waals surface area contributed by atoms with Gasteiger partial charge < -0.3 is 14.8 Å². The molecule has 0 aliphatic rings. The lowest BCUT2D eigenvalue weighted by Gasteiger charge is -2.21. The Balaban J connectivity index is 2.85. The number of nitrogens with one attached hydrogen (secondary N) is 1. The minimum absolute atomic E-state index is 0.351. The molecule has 2 atom stereocenters. The molecule has 120 valence electrons. The Labute approximate surface area is 133 Å². The van der Waals surface area contributed by atoms with E-state index in [4.69, 9.17) is 9.47 Å². The minimum Gasteiger partial charge on any atom is -0.493 e. The summed E-state index contributed by atoms with van der Waals surface area (Å²) in [6.07, 6.45) is 2.34. The molecular formula is C17H29NO2S. The number of hydrogen-bond acceptors (Lipinski definition) is 4. The first kappa shape index (κ1) is 18.2. The third-order valence-corrected chi connectivity index (χ3v) is 5.00. The molecule has 21 heavy (non-hydrogen) atoms. The molecule has 0 saturated carbocycles. The van der Waals surface area contributed by atoms with Gasteiger partial charge >= 0.3 is 0 Å². The van der Waals surface area contributed by atoms with E-state index < -0.39 is 0 Å². The lowest BCUT2D eigenvalue weighted by Crippen LogP contribution is -2.24. The van der Waals surface area contributed by atoms with Gasteiger partial charge in [0.05, 0.1) is 14.2 Å². The highest BCUT2D eigenvalue weighted by molar-refractivity contribution is 7.99. The lowest BCUT2D eigenvalue weighted by atomic mass is 10.1. The molecular weight excluding hydrogens is 282 g/mol. The Hall–Kier alpha value is -0.870. The van der Waals surface area contributed by atoms with Crippen molar-refractivity contribution in [2.45, 2.75) is 44.9 Å². The van der Waals surface area contributed by atoms with Crippen molar-refractivity contribution in [3.8, 4) is 11.5 Å². The van der Waals surface area contributed by atoms with Crippen LogP contribution in [-0.2, 0) is 0 Å². The standard InChI is InChI=1S/C17H29NO2S/c1-6-10-18-15(12-21-13(3)7-2)14-8-9-16(19-4)17(11-14)20-5/h8-9,11,13,15,18H,6-7,10,12H2,1-5H3. The van der Waals surface area contributed by atoms with E-state index in [1.807, 2.05) is 17.8 Å². The summed E-state index contributed by atoms with van der Waals surface area (Å²) < 4.78 is 10.7. The second kappa shape index (κ2) is 9.96. The summed E-state index contributed by atoms with van der Waals surface area (Å²) in [5.41, 5.74) is 1.26. The van der Waals surface area contributed by atoms with Crippen LogP contribution < -0.4 is 14.8 Å². The van der Waals surface area contributed by atoms with Gasteiger partial charge in [-0.05, 0) is 37.1 Å². The zero-order valence-electron chi connectivity index (χ0n) is 13.9. The largest absolute Gasteiger partial charge is 0.493 e. The van der Waals surface area contributed by atoms with Gasteiger partial charge in [0.15, 0.2) is 11.5 Å². The van der Waals surface area contributed by atoms with E-state index in [0.717, 1.165) is 30.2 Å². The molecule has 3 nitrogen and oxygen atoms in total. The van der Waals surface area contributed by atoms with Crippen molar-refractivity contribution in [2.24, 2.45) is 0 Å². The van der Waals surface area contributed by atoms with E-state index in [2.05, 4.69) is 38.2 Å². The summed E-state index contributed by atoms with van der Waals surface area (Å²) >= 11 is 2.02. The summed E-state index contributed by atoms with van der Waals surface area (Å²) in [6, 6.07) is 6.56. The zero-order valence-corrected chi connectivity index (χ0v) is 14.8. The quantitative estimate of drug-likeness (QED) is 0.699. The maximum atomic E-state index is 5.42. The van der Waals surface area contributed by atoms with Gasteiger partial charge in [-0.15, -0.1) is 0 Å². The van der Waals surface area contributed by atoms with Crippen LogP contribution in [0.3, 0.4) is 0 Å². The Morgan fingerprint density at radius 2 is 1.86 bits per heavy atom. The number of methoxy groups -OCH3 is 2. The minimum atomic E-state index is 0.351. The Morgan fingerprint density at radius 1 is 1.14 bits per heavy atom. The third-order valence-electron chi connectivity index (χ3n) is 3.57. The first-order chi connectivity index (χ1) is 10.2. The van der Waals surface area contributed by atoms with Crippen molar-refractivity contribution in [1.29, 1.82) is 0 Å². The summed E-state index contributed by atoms with van der Waals surface area (Å²) in [5.74, 6) is 2.65. The highest BCUT2D eigenvalue weighted by atomic mass is 32.2. The van der Waals surface area contributed by atoms with Gasteiger partial charge in [-0.25, -0.2) is 0 Å². The van der Waals surface area contributed by atoms with Gasteiger partial charge in [0.2, 0.25) is 0 Å². The van der Waals surface area contributed by atoms with Crippen molar-refractivity contribution >= 4 is 11.8 Å². The molecule has 0 amide bonds. The smallest absolute Gasteiger partial charge is 0.161 e. The van der Waals surface area contributed by atoms with E-state index in [1.165, 1.54) is 12.0 Å². The molecule has 1 aromatic carbocycles. The summed E-state index contributed by atoms with van der Waals surface area (Å²) in [5, 5.41) is 4.33. The number of benzene rings is 1. The van der Waals surface area contributed by atoms with Crippen LogP contribution in [0, 0.1) is 0 Å². The molecule has 0 aliphatic heterocycles. The van der Waals surface area contributed by atoms with E-state index in [9.17, 15) is 0 Å². The van der Waals surface area contributed by atoms with Gasteiger partial charge in [-0.3, -0.25) is 0 Å². The van der Waals surface area contributed by atoms with Gasteiger partial charge in [0.1, 0.15) is 0 Å². The van der Waals surface area contributed by atoms with Crippen LogP contribution >= 0.6 is 11.8 Å². The van der Waals surface area contributed by atoms with Crippen LogP contribution in [0.1, 0.15) is 45.2 Å². The van der Waals surface area contributed by atoms with E-state index >= 15 is 0 Å². The van der Waals surface area contributed by atoms with Gasteiger partial charge in [-0.2, -0.15) is 11.8 Å². The first-order valence-electron chi connectivity index (χ1n) is 7.73. The van der Waals surface area contributed by atoms with Crippen LogP contribution in [0.4, 0.5) is 0 Å². The van der Waals surface area contributed by atoms with E-state index in [1.54, 1.807) is 14.2 Å². The predicted octanol–water partition coefficient (Wildman–Crippen LogP) is 4.28. The normalized spacial score (nSPS) is 13.8. The Morgan fingerprint density at radius 3 is 2.43 bits per heavy atom. The maximum absolute atomic E-state index is 5.42. The van der Waals surface area contributed by atoms with Gasteiger partial charge in [0.25, 0.3) is 0 Å². The fourth-order valence-electron chi connectivity index (χ4n) is 2.04. The molecule has 0 heterocycles. The van der Waals surface area contributed by atoms with Crippen molar-refractivity contribution in [3.63, 3.8) is 0 Å². The van der Waals surface area contributed by atoms with Crippen LogP contribution in [0.25, 0.3) is 0 Å².